The monoisotopic (exact) mass is 396 g/mol. The Morgan fingerprint density at radius 2 is 1.72 bits per heavy atom. The quantitative estimate of drug-likeness (QED) is 0.699. The van der Waals surface area contributed by atoms with Crippen LogP contribution in [0.15, 0.2) is 42.5 Å². The van der Waals surface area contributed by atoms with Crippen LogP contribution < -0.4 is 10.1 Å². The second-order valence-corrected chi connectivity index (χ2v) is 7.31. The van der Waals surface area contributed by atoms with Gasteiger partial charge in [0.1, 0.15) is 11.8 Å². The van der Waals surface area contributed by atoms with Crippen LogP contribution in [0.3, 0.4) is 0 Å². The predicted octanol–water partition coefficient (Wildman–Crippen LogP) is 3.93. The summed E-state index contributed by atoms with van der Waals surface area (Å²) in [6, 6.07) is 13.3. The molecule has 156 valence electrons. The van der Waals surface area contributed by atoms with Crippen LogP contribution in [0, 0.1) is 20.8 Å². The molecular formula is C24H32N2O3. The molecule has 0 fully saturated rings. The molecule has 29 heavy (non-hydrogen) atoms. The molecule has 0 heterocycles. The fourth-order valence-corrected chi connectivity index (χ4v) is 3.20. The summed E-state index contributed by atoms with van der Waals surface area (Å²) in [4.78, 5) is 27.3. The molecule has 0 saturated carbocycles. The molecular weight excluding hydrogens is 364 g/mol. The molecule has 0 aliphatic heterocycles. The Morgan fingerprint density at radius 1 is 1.03 bits per heavy atom. The number of rotatable bonds is 9. The third kappa shape index (κ3) is 6.08. The van der Waals surface area contributed by atoms with Gasteiger partial charge in [-0.3, -0.25) is 9.59 Å². The van der Waals surface area contributed by atoms with Gasteiger partial charge in [-0.15, -0.1) is 0 Å². The third-order valence-electron chi connectivity index (χ3n) is 5.12. The maximum Gasteiger partial charge on any atom is 0.261 e. The molecule has 2 rings (SSSR count). The van der Waals surface area contributed by atoms with Crippen molar-refractivity contribution in [1.82, 2.24) is 10.2 Å². The van der Waals surface area contributed by atoms with Crippen LogP contribution in [0.5, 0.6) is 5.75 Å². The Morgan fingerprint density at radius 3 is 2.34 bits per heavy atom. The lowest BCUT2D eigenvalue weighted by Crippen LogP contribution is -2.50. The Labute approximate surface area is 174 Å². The number of amides is 2. The zero-order chi connectivity index (χ0) is 21.4. The lowest BCUT2D eigenvalue weighted by atomic mass is 10.1. The standard InChI is InChI=1S/C24H32N2O3/c1-6-21(24(28)25-7-2)26(15-20-13-11-17(3)12-14-20)23(27)16-29-22-10-8-9-18(4)19(22)5/h8-14,21H,6-7,15-16H2,1-5H3,(H,25,28)/t21-/m0/s1. The minimum Gasteiger partial charge on any atom is -0.483 e. The SMILES string of the molecule is CCNC(=O)[C@H](CC)N(Cc1ccc(C)cc1)C(=O)COc1cccc(C)c1C. The topological polar surface area (TPSA) is 58.6 Å². The number of hydrogen-bond acceptors (Lipinski definition) is 3. The van der Waals surface area contributed by atoms with E-state index in [2.05, 4.69) is 5.32 Å². The van der Waals surface area contributed by atoms with Crippen LogP contribution in [0.4, 0.5) is 0 Å². The van der Waals surface area contributed by atoms with Crippen molar-refractivity contribution in [3.63, 3.8) is 0 Å². The first-order valence-electron chi connectivity index (χ1n) is 10.2. The van der Waals surface area contributed by atoms with E-state index in [-0.39, 0.29) is 18.4 Å². The van der Waals surface area contributed by atoms with Gasteiger partial charge in [0, 0.05) is 13.1 Å². The summed E-state index contributed by atoms with van der Waals surface area (Å²) in [5.41, 5.74) is 4.26. The summed E-state index contributed by atoms with van der Waals surface area (Å²) in [7, 11) is 0. The van der Waals surface area contributed by atoms with Crippen LogP contribution in [-0.2, 0) is 16.1 Å². The number of benzene rings is 2. The summed E-state index contributed by atoms with van der Waals surface area (Å²) >= 11 is 0. The van der Waals surface area contributed by atoms with Gasteiger partial charge in [0.2, 0.25) is 5.91 Å². The van der Waals surface area contributed by atoms with Gasteiger partial charge in [-0.1, -0.05) is 48.9 Å². The number of ether oxygens (including phenoxy) is 1. The summed E-state index contributed by atoms with van der Waals surface area (Å²) in [5.74, 6) is 0.353. The molecule has 1 N–H and O–H groups in total. The number of nitrogens with one attached hydrogen (secondary N) is 1. The van der Waals surface area contributed by atoms with Crippen LogP contribution in [0.1, 0.15) is 42.5 Å². The van der Waals surface area contributed by atoms with Gasteiger partial charge in [-0.2, -0.15) is 0 Å². The molecule has 0 saturated heterocycles. The van der Waals surface area contributed by atoms with Crippen LogP contribution >= 0.6 is 0 Å². The van der Waals surface area contributed by atoms with Gasteiger partial charge in [0.15, 0.2) is 6.61 Å². The van der Waals surface area contributed by atoms with Crippen molar-refractivity contribution in [3.05, 3.63) is 64.7 Å². The highest BCUT2D eigenvalue weighted by molar-refractivity contribution is 5.88. The number of carbonyl (C=O) groups is 2. The summed E-state index contributed by atoms with van der Waals surface area (Å²) in [6.07, 6.45) is 0.535. The number of hydrogen-bond donors (Lipinski definition) is 1. The fourth-order valence-electron chi connectivity index (χ4n) is 3.20. The van der Waals surface area contributed by atoms with Crippen molar-refractivity contribution in [2.24, 2.45) is 0 Å². The maximum absolute atomic E-state index is 13.1. The lowest BCUT2D eigenvalue weighted by Gasteiger charge is -2.30. The molecule has 0 aromatic heterocycles. The third-order valence-corrected chi connectivity index (χ3v) is 5.12. The first kappa shape index (κ1) is 22.5. The second kappa shape index (κ2) is 10.6. The van der Waals surface area contributed by atoms with E-state index in [9.17, 15) is 9.59 Å². The van der Waals surface area contributed by atoms with Crippen molar-refractivity contribution in [2.75, 3.05) is 13.2 Å². The largest absolute Gasteiger partial charge is 0.483 e. The highest BCUT2D eigenvalue weighted by Gasteiger charge is 2.28. The Bertz CT molecular complexity index is 831. The van der Waals surface area contributed by atoms with Gasteiger partial charge in [0.05, 0.1) is 0 Å². The fraction of sp³-hybridized carbons (Fsp3) is 0.417. The number of likely N-dealkylation sites (N-methyl/N-ethyl adjacent to an activating group) is 1. The Hall–Kier alpha value is -2.82. The number of carbonyl (C=O) groups excluding carboxylic acids is 2. The molecule has 0 aliphatic rings. The highest BCUT2D eigenvalue weighted by Crippen LogP contribution is 2.21. The molecule has 5 heteroatoms. The Balaban J connectivity index is 2.21. The van der Waals surface area contributed by atoms with E-state index in [0.29, 0.717) is 25.3 Å². The molecule has 0 spiro atoms. The second-order valence-electron chi connectivity index (χ2n) is 7.31. The first-order chi connectivity index (χ1) is 13.9. The Kier molecular flexibility index (Phi) is 8.25. The van der Waals surface area contributed by atoms with E-state index in [1.165, 1.54) is 0 Å². The van der Waals surface area contributed by atoms with Crippen molar-refractivity contribution < 1.29 is 14.3 Å². The van der Waals surface area contributed by atoms with Gasteiger partial charge in [-0.25, -0.2) is 0 Å². The van der Waals surface area contributed by atoms with Crippen molar-refractivity contribution in [3.8, 4) is 5.75 Å². The summed E-state index contributed by atoms with van der Waals surface area (Å²) in [6.45, 7) is 10.6. The molecule has 2 aromatic carbocycles. The molecule has 2 aromatic rings. The van der Waals surface area contributed by atoms with E-state index in [4.69, 9.17) is 4.74 Å². The molecule has 0 unspecified atom stereocenters. The van der Waals surface area contributed by atoms with Gasteiger partial charge < -0.3 is 15.0 Å². The molecule has 5 nitrogen and oxygen atoms in total. The maximum atomic E-state index is 13.1. The van der Waals surface area contributed by atoms with Crippen LogP contribution in [0.2, 0.25) is 0 Å². The summed E-state index contributed by atoms with van der Waals surface area (Å²) < 4.78 is 5.83. The van der Waals surface area contributed by atoms with Gasteiger partial charge in [0.25, 0.3) is 5.91 Å². The zero-order valence-corrected chi connectivity index (χ0v) is 18.1. The first-order valence-corrected chi connectivity index (χ1v) is 10.2. The van der Waals surface area contributed by atoms with Crippen molar-refractivity contribution >= 4 is 11.8 Å². The average Bonchev–Trinajstić information content (AvgIpc) is 2.70. The van der Waals surface area contributed by atoms with E-state index in [1.807, 2.05) is 77.1 Å². The van der Waals surface area contributed by atoms with E-state index in [1.54, 1.807) is 4.90 Å². The van der Waals surface area contributed by atoms with Gasteiger partial charge in [-0.05, 0) is 56.9 Å². The molecule has 1 atom stereocenters. The molecule has 0 aliphatic carbocycles. The summed E-state index contributed by atoms with van der Waals surface area (Å²) in [5, 5.41) is 2.84. The molecule has 0 bridgehead atoms. The predicted molar refractivity (Wildman–Crippen MR) is 116 cm³/mol. The highest BCUT2D eigenvalue weighted by atomic mass is 16.5. The van der Waals surface area contributed by atoms with Gasteiger partial charge >= 0.3 is 0 Å². The van der Waals surface area contributed by atoms with Crippen LogP contribution in [0.25, 0.3) is 0 Å². The van der Waals surface area contributed by atoms with Crippen molar-refractivity contribution in [1.29, 1.82) is 0 Å². The molecule has 0 radical (unpaired) electrons. The normalized spacial score (nSPS) is 11.6. The minimum atomic E-state index is -0.536. The van der Waals surface area contributed by atoms with E-state index < -0.39 is 6.04 Å². The average molecular weight is 397 g/mol. The molecule has 2 amide bonds. The smallest absolute Gasteiger partial charge is 0.261 e. The van der Waals surface area contributed by atoms with E-state index >= 15 is 0 Å². The van der Waals surface area contributed by atoms with Crippen LogP contribution in [-0.4, -0.2) is 35.9 Å². The number of nitrogens with zero attached hydrogens (tertiary/aromatic N) is 1. The van der Waals surface area contributed by atoms with Crippen molar-refractivity contribution in [2.45, 2.75) is 53.6 Å². The zero-order valence-electron chi connectivity index (χ0n) is 18.1. The minimum absolute atomic E-state index is 0.105. The van der Waals surface area contributed by atoms with E-state index in [0.717, 1.165) is 22.3 Å². The lowest BCUT2D eigenvalue weighted by molar-refractivity contribution is -0.142. The number of aryl methyl sites for hydroxylation is 2.